The number of nitrogens with two attached hydrogens (primary N) is 1. The van der Waals surface area contributed by atoms with Crippen LogP contribution in [0, 0.1) is 0 Å². The molecule has 2 atom stereocenters. The van der Waals surface area contributed by atoms with Crippen molar-refractivity contribution < 1.29 is 0 Å². The number of hydrogen-bond acceptors (Lipinski definition) is 3. The molecule has 0 amide bonds. The van der Waals surface area contributed by atoms with Gasteiger partial charge in [0, 0.05) is 16.3 Å². The number of benzene rings is 1. The summed E-state index contributed by atoms with van der Waals surface area (Å²) in [6.45, 7) is 2.22. The summed E-state index contributed by atoms with van der Waals surface area (Å²) in [5, 5.41) is 5.05. The van der Waals surface area contributed by atoms with E-state index in [-0.39, 0.29) is 0 Å². The number of rotatable bonds is 4. The van der Waals surface area contributed by atoms with E-state index in [1.54, 1.807) is 0 Å². The fourth-order valence-electron chi connectivity index (χ4n) is 2.33. The van der Waals surface area contributed by atoms with E-state index in [1.807, 2.05) is 18.2 Å². The SMILES string of the molecule is CCSC1CCC(Nc2cc(Cl)ccc2N)C1. The Morgan fingerprint density at radius 2 is 2.29 bits per heavy atom. The molecule has 4 heteroatoms. The van der Waals surface area contributed by atoms with Gasteiger partial charge in [-0.2, -0.15) is 11.8 Å². The third kappa shape index (κ3) is 3.46. The van der Waals surface area contributed by atoms with Crippen molar-refractivity contribution in [1.29, 1.82) is 0 Å². The summed E-state index contributed by atoms with van der Waals surface area (Å²) in [5.41, 5.74) is 7.69. The normalized spacial score (nSPS) is 23.9. The Morgan fingerprint density at radius 1 is 1.47 bits per heavy atom. The minimum Gasteiger partial charge on any atom is -0.397 e. The molecule has 3 N–H and O–H groups in total. The highest BCUT2D eigenvalue weighted by Gasteiger charge is 2.24. The van der Waals surface area contributed by atoms with Crippen molar-refractivity contribution in [3.8, 4) is 0 Å². The third-order valence-electron chi connectivity index (χ3n) is 3.16. The second-order valence-electron chi connectivity index (χ2n) is 4.46. The number of thioether (sulfide) groups is 1. The molecule has 0 heterocycles. The lowest BCUT2D eigenvalue weighted by atomic mass is 10.2. The van der Waals surface area contributed by atoms with Crippen LogP contribution in [0.3, 0.4) is 0 Å². The van der Waals surface area contributed by atoms with Gasteiger partial charge in [0.2, 0.25) is 0 Å². The summed E-state index contributed by atoms with van der Waals surface area (Å²) in [6.07, 6.45) is 3.75. The molecule has 94 valence electrons. The zero-order chi connectivity index (χ0) is 12.3. The predicted molar refractivity (Wildman–Crippen MR) is 79.0 cm³/mol. The maximum absolute atomic E-state index is 5.98. The number of nitrogens with one attached hydrogen (secondary N) is 1. The van der Waals surface area contributed by atoms with Crippen molar-refractivity contribution in [2.45, 2.75) is 37.5 Å². The van der Waals surface area contributed by atoms with Gasteiger partial charge >= 0.3 is 0 Å². The lowest BCUT2D eigenvalue weighted by molar-refractivity contribution is 0.757. The van der Waals surface area contributed by atoms with Crippen LogP contribution in [0.25, 0.3) is 0 Å². The maximum Gasteiger partial charge on any atom is 0.0591 e. The van der Waals surface area contributed by atoms with Crippen LogP contribution in [-0.4, -0.2) is 17.0 Å². The Morgan fingerprint density at radius 3 is 3.06 bits per heavy atom. The highest BCUT2D eigenvalue weighted by Crippen LogP contribution is 2.33. The molecule has 0 aromatic heterocycles. The topological polar surface area (TPSA) is 38.0 Å². The lowest BCUT2D eigenvalue weighted by Gasteiger charge is -2.16. The maximum atomic E-state index is 5.98. The molecule has 0 saturated heterocycles. The van der Waals surface area contributed by atoms with Crippen LogP contribution in [0.1, 0.15) is 26.2 Å². The zero-order valence-corrected chi connectivity index (χ0v) is 11.7. The summed E-state index contributed by atoms with van der Waals surface area (Å²) >= 11 is 8.04. The van der Waals surface area contributed by atoms with E-state index in [0.29, 0.717) is 6.04 Å². The number of anilines is 2. The summed E-state index contributed by atoms with van der Waals surface area (Å²) in [4.78, 5) is 0. The van der Waals surface area contributed by atoms with Crippen molar-refractivity contribution in [3.63, 3.8) is 0 Å². The largest absolute Gasteiger partial charge is 0.397 e. The number of halogens is 1. The molecule has 1 saturated carbocycles. The standard InChI is InChI=1S/C13H19ClN2S/c1-2-17-11-5-4-10(8-11)16-13-7-9(14)3-6-12(13)15/h3,6-7,10-11,16H,2,4-5,8,15H2,1H3. The molecule has 17 heavy (non-hydrogen) atoms. The van der Waals surface area contributed by atoms with E-state index >= 15 is 0 Å². The number of nitrogen functional groups attached to an aromatic ring is 1. The Kier molecular flexibility index (Phi) is 4.46. The molecule has 1 aromatic rings. The molecule has 0 bridgehead atoms. The molecular weight excluding hydrogens is 252 g/mol. The van der Waals surface area contributed by atoms with E-state index in [1.165, 1.54) is 25.0 Å². The van der Waals surface area contributed by atoms with E-state index in [2.05, 4.69) is 24.0 Å². The van der Waals surface area contributed by atoms with Gasteiger partial charge in [0.25, 0.3) is 0 Å². The monoisotopic (exact) mass is 270 g/mol. The first-order valence-electron chi connectivity index (χ1n) is 6.12. The predicted octanol–water partition coefficient (Wildman–Crippen LogP) is 4.01. The van der Waals surface area contributed by atoms with Gasteiger partial charge in [-0.25, -0.2) is 0 Å². The van der Waals surface area contributed by atoms with Crippen LogP contribution >= 0.6 is 23.4 Å². The van der Waals surface area contributed by atoms with E-state index in [0.717, 1.165) is 21.6 Å². The smallest absolute Gasteiger partial charge is 0.0591 e. The molecule has 0 aliphatic heterocycles. The number of hydrogen-bond donors (Lipinski definition) is 2. The van der Waals surface area contributed by atoms with E-state index in [4.69, 9.17) is 17.3 Å². The van der Waals surface area contributed by atoms with Crippen molar-refractivity contribution in [2.75, 3.05) is 16.8 Å². The van der Waals surface area contributed by atoms with E-state index in [9.17, 15) is 0 Å². The molecule has 2 unspecified atom stereocenters. The van der Waals surface area contributed by atoms with Crippen LogP contribution in [0.4, 0.5) is 11.4 Å². The van der Waals surface area contributed by atoms with Crippen LogP contribution in [-0.2, 0) is 0 Å². The first kappa shape index (κ1) is 12.9. The fraction of sp³-hybridized carbons (Fsp3) is 0.538. The second kappa shape index (κ2) is 5.87. The van der Waals surface area contributed by atoms with Crippen LogP contribution in [0.15, 0.2) is 18.2 Å². The van der Waals surface area contributed by atoms with E-state index < -0.39 is 0 Å². The van der Waals surface area contributed by atoms with Crippen molar-refractivity contribution >= 4 is 34.7 Å². The average molecular weight is 271 g/mol. The van der Waals surface area contributed by atoms with Gasteiger partial charge in [0.05, 0.1) is 11.4 Å². The third-order valence-corrected chi connectivity index (χ3v) is 4.63. The Balaban J connectivity index is 1.95. The van der Waals surface area contributed by atoms with Gasteiger partial charge in [-0.15, -0.1) is 0 Å². The quantitative estimate of drug-likeness (QED) is 0.812. The Labute approximate surface area is 112 Å². The molecule has 2 nitrogen and oxygen atoms in total. The molecule has 0 radical (unpaired) electrons. The Hall–Kier alpha value is -0.540. The lowest BCUT2D eigenvalue weighted by Crippen LogP contribution is -2.17. The van der Waals surface area contributed by atoms with Gasteiger partial charge in [-0.3, -0.25) is 0 Å². The molecule has 1 aliphatic carbocycles. The minimum absolute atomic E-state index is 0.541. The second-order valence-corrected chi connectivity index (χ2v) is 6.48. The van der Waals surface area contributed by atoms with Gasteiger partial charge < -0.3 is 11.1 Å². The summed E-state index contributed by atoms with van der Waals surface area (Å²) < 4.78 is 0. The highest BCUT2D eigenvalue weighted by atomic mass is 35.5. The van der Waals surface area contributed by atoms with Crippen molar-refractivity contribution in [3.05, 3.63) is 23.2 Å². The molecule has 0 spiro atoms. The first-order chi connectivity index (χ1) is 8.19. The molecular formula is C13H19ClN2S. The van der Waals surface area contributed by atoms with Crippen LogP contribution < -0.4 is 11.1 Å². The van der Waals surface area contributed by atoms with Gasteiger partial charge in [-0.05, 0) is 43.2 Å². The zero-order valence-electron chi connectivity index (χ0n) is 10.1. The summed E-state index contributed by atoms with van der Waals surface area (Å²) in [5.74, 6) is 1.21. The first-order valence-corrected chi connectivity index (χ1v) is 7.55. The van der Waals surface area contributed by atoms with Crippen molar-refractivity contribution in [1.82, 2.24) is 0 Å². The summed E-state index contributed by atoms with van der Waals surface area (Å²) in [7, 11) is 0. The van der Waals surface area contributed by atoms with Crippen molar-refractivity contribution in [2.24, 2.45) is 0 Å². The van der Waals surface area contributed by atoms with Gasteiger partial charge in [0.15, 0.2) is 0 Å². The molecule has 2 rings (SSSR count). The van der Waals surface area contributed by atoms with Crippen LogP contribution in [0.5, 0.6) is 0 Å². The Bertz CT molecular complexity index is 384. The van der Waals surface area contributed by atoms with Gasteiger partial charge in [-0.1, -0.05) is 18.5 Å². The molecule has 1 aliphatic rings. The van der Waals surface area contributed by atoms with Crippen LogP contribution in [0.2, 0.25) is 5.02 Å². The fourth-order valence-corrected chi connectivity index (χ4v) is 3.65. The minimum atomic E-state index is 0.541. The molecule has 1 aromatic carbocycles. The average Bonchev–Trinajstić information content (AvgIpc) is 2.72. The highest BCUT2D eigenvalue weighted by molar-refractivity contribution is 7.99. The van der Waals surface area contributed by atoms with Gasteiger partial charge in [0.1, 0.15) is 0 Å². The summed E-state index contributed by atoms with van der Waals surface area (Å²) in [6, 6.07) is 6.14. The molecule has 1 fully saturated rings.